The number of hydrogen-bond acceptors (Lipinski definition) is 2. The maximum absolute atomic E-state index is 13.2. The summed E-state index contributed by atoms with van der Waals surface area (Å²) in [6, 6.07) is 12.1. The molecule has 0 bridgehead atoms. The molecule has 0 saturated carbocycles. The van der Waals surface area contributed by atoms with Crippen molar-refractivity contribution in [2.75, 3.05) is 18.0 Å². The predicted octanol–water partition coefficient (Wildman–Crippen LogP) is 3.30. The van der Waals surface area contributed by atoms with Crippen LogP contribution in [0.3, 0.4) is 0 Å². The van der Waals surface area contributed by atoms with Crippen molar-refractivity contribution in [3.05, 3.63) is 53.3 Å². The van der Waals surface area contributed by atoms with Gasteiger partial charge >= 0.3 is 0 Å². The van der Waals surface area contributed by atoms with E-state index in [-0.39, 0.29) is 17.9 Å². The smallest absolute Gasteiger partial charge is 0.274 e. The van der Waals surface area contributed by atoms with E-state index < -0.39 is 0 Å². The number of fused-ring (bicyclic) bond motifs is 1. The molecule has 1 aromatic heterocycles. The standard InChI is InChI=1S/C21H25N3O2/c1-15(25)23-13-6-5-9-19(23)18-10-11-20(22(18)2)21(26)24-14-12-16-7-3-4-8-17(16)24/h3-4,7-8,10-11,19H,5-6,9,12-14H2,1-2H3/t19-/m1/s1. The Balaban J connectivity index is 1.63. The summed E-state index contributed by atoms with van der Waals surface area (Å²) in [4.78, 5) is 29.0. The van der Waals surface area contributed by atoms with Crippen molar-refractivity contribution >= 4 is 17.5 Å². The molecule has 0 N–H and O–H groups in total. The highest BCUT2D eigenvalue weighted by Gasteiger charge is 2.31. The summed E-state index contributed by atoms with van der Waals surface area (Å²) < 4.78 is 1.98. The van der Waals surface area contributed by atoms with Gasteiger partial charge in [0.1, 0.15) is 5.69 Å². The lowest BCUT2D eigenvalue weighted by Crippen LogP contribution is -2.38. The first-order valence-electron chi connectivity index (χ1n) is 9.40. The van der Waals surface area contributed by atoms with Crippen LogP contribution in [0.4, 0.5) is 5.69 Å². The van der Waals surface area contributed by atoms with Crippen LogP contribution in [0.5, 0.6) is 0 Å². The fraction of sp³-hybridized carbons (Fsp3) is 0.429. The van der Waals surface area contributed by atoms with Gasteiger partial charge in [0, 0.05) is 38.4 Å². The van der Waals surface area contributed by atoms with Crippen LogP contribution in [0.1, 0.15) is 54.0 Å². The molecule has 2 aliphatic heterocycles. The predicted molar refractivity (Wildman–Crippen MR) is 101 cm³/mol. The number of likely N-dealkylation sites (tertiary alicyclic amines) is 1. The average molecular weight is 351 g/mol. The molecule has 1 aromatic carbocycles. The lowest BCUT2D eigenvalue weighted by molar-refractivity contribution is -0.132. The molecular weight excluding hydrogens is 326 g/mol. The minimum Gasteiger partial charge on any atom is -0.342 e. The summed E-state index contributed by atoms with van der Waals surface area (Å²) in [7, 11) is 1.94. The number of amides is 2. The zero-order chi connectivity index (χ0) is 18.3. The van der Waals surface area contributed by atoms with Crippen molar-refractivity contribution in [3.63, 3.8) is 0 Å². The van der Waals surface area contributed by atoms with Gasteiger partial charge in [0.15, 0.2) is 0 Å². The SMILES string of the molecule is CC(=O)N1CCCC[C@@H]1c1ccc(C(=O)N2CCc3ccccc32)n1C. The molecule has 1 saturated heterocycles. The van der Waals surface area contributed by atoms with Crippen LogP contribution in [0.2, 0.25) is 0 Å². The Bertz CT molecular complexity index is 855. The van der Waals surface area contributed by atoms with E-state index in [0.717, 1.165) is 50.2 Å². The highest BCUT2D eigenvalue weighted by atomic mass is 16.2. The van der Waals surface area contributed by atoms with Crippen molar-refractivity contribution in [3.8, 4) is 0 Å². The molecule has 1 atom stereocenters. The van der Waals surface area contributed by atoms with Gasteiger partial charge in [-0.2, -0.15) is 0 Å². The Labute approximate surface area is 154 Å². The second-order valence-corrected chi connectivity index (χ2v) is 7.26. The molecule has 26 heavy (non-hydrogen) atoms. The molecule has 2 aromatic rings. The van der Waals surface area contributed by atoms with Gasteiger partial charge in [-0.3, -0.25) is 9.59 Å². The number of piperidine rings is 1. The highest BCUT2D eigenvalue weighted by molar-refractivity contribution is 6.06. The lowest BCUT2D eigenvalue weighted by atomic mass is 9.99. The number of anilines is 1. The van der Waals surface area contributed by atoms with Crippen molar-refractivity contribution in [2.24, 2.45) is 7.05 Å². The van der Waals surface area contributed by atoms with Crippen LogP contribution in [0.25, 0.3) is 0 Å². The number of nitrogens with zero attached hydrogens (tertiary/aromatic N) is 3. The second kappa shape index (κ2) is 6.63. The van der Waals surface area contributed by atoms with Gasteiger partial charge in [0.05, 0.1) is 6.04 Å². The topological polar surface area (TPSA) is 45.6 Å². The van der Waals surface area contributed by atoms with E-state index >= 15 is 0 Å². The fourth-order valence-electron chi connectivity index (χ4n) is 4.38. The summed E-state index contributed by atoms with van der Waals surface area (Å²) in [6.07, 6.45) is 4.02. The molecule has 4 rings (SSSR count). The Hall–Kier alpha value is -2.56. The molecule has 136 valence electrons. The molecule has 0 spiro atoms. The molecule has 0 aliphatic carbocycles. The maximum Gasteiger partial charge on any atom is 0.274 e. The van der Waals surface area contributed by atoms with Crippen molar-refractivity contribution in [1.29, 1.82) is 0 Å². The molecule has 2 amide bonds. The minimum absolute atomic E-state index is 0.0360. The van der Waals surface area contributed by atoms with E-state index in [1.807, 2.05) is 51.7 Å². The third kappa shape index (κ3) is 2.71. The van der Waals surface area contributed by atoms with Crippen LogP contribution in [0.15, 0.2) is 36.4 Å². The molecular formula is C21H25N3O2. The lowest BCUT2D eigenvalue weighted by Gasteiger charge is -2.35. The third-order valence-corrected chi connectivity index (χ3v) is 5.76. The van der Waals surface area contributed by atoms with E-state index in [2.05, 4.69) is 6.07 Å². The molecule has 0 radical (unpaired) electrons. The molecule has 5 nitrogen and oxygen atoms in total. The van der Waals surface area contributed by atoms with Gasteiger partial charge in [0.2, 0.25) is 5.91 Å². The fourth-order valence-corrected chi connectivity index (χ4v) is 4.38. The number of carbonyl (C=O) groups excluding carboxylic acids is 2. The van der Waals surface area contributed by atoms with E-state index in [1.54, 1.807) is 6.92 Å². The van der Waals surface area contributed by atoms with E-state index in [9.17, 15) is 9.59 Å². The van der Waals surface area contributed by atoms with Crippen molar-refractivity contribution < 1.29 is 9.59 Å². The molecule has 1 fully saturated rings. The van der Waals surface area contributed by atoms with Crippen molar-refractivity contribution in [1.82, 2.24) is 9.47 Å². The van der Waals surface area contributed by atoms with Gasteiger partial charge in [-0.15, -0.1) is 0 Å². The summed E-state index contributed by atoms with van der Waals surface area (Å²) in [5.74, 6) is 0.145. The normalized spacial score (nSPS) is 19.5. The largest absolute Gasteiger partial charge is 0.342 e. The Morgan fingerprint density at radius 3 is 2.65 bits per heavy atom. The first kappa shape index (κ1) is 16.9. The number of para-hydroxylation sites is 1. The Kier molecular flexibility index (Phi) is 4.31. The van der Waals surface area contributed by atoms with Crippen LogP contribution in [-0.2, 0) is 18.3 Å². The third-order valence-electron chi connectivity index (χ3n) is 5.76. The summed E-state index contributed by atoms with van der Waals surface area (Å²) in [5, 5.41) is 0. The van der Waals surface area contributed by atoms with Gasteiger partial charge in [-0.05, 0) is 49.4 Å². The number of hydrogen-bond donors (Lipinski definition) is 0. The van der Waals surface area contributed by atoms with Gasteiger partial charge in [-0.25, -0.2) is 0 Å². The Morgan fingerprint density at radius 1 is 1.04 bits per heavy atom. The molecule has 2 aliphatic rings. The second-order valence-electron chi connectivity index (χ2n) is 7.26. The van der Waals surface area contributed by atoms with Crippen molar-refractivity contribution in [2.45, 2.75) is 38.6 Å². The summed E-state index contributed by atoms with van der Waals surface area (Å²) in [5.41, 5.74) is 3.98. The number of carbonyl (C=O) groups is 2. The number of benzene rings is 1. The molecule has 5 heteroatoms. The zero-order valence-electron chi connectivity index (χ0n) is 15.4. The average Bonchev–Trinajstić information content (AvgIpc) is 3.25. The first-order chi connectivity index (χ1) is 12.6. The monoisotopic (exact) mass is 351 g/mol. The van der Waals surface area contributed by atoms with Gasteiger partial charge in [-0.1, -0.05) is 18.2 Å². The van der Waals surface area contributed by atoms with E-state index in [4.69, 9.17) is 0 Å². The highest BCUT2D eigenvalue weighted by Crippen LogP contribution is 2.33. The summed E-state index contributed by atoms with van der Waals surface area (Å²) in [6.45, 7) is 3.16. The first-order valence-corrected chi connectivity index (χ1v) is 9.40. The summed E-state index contributed by atoms with van der Waals surface area (Å²) >= 11 is 0. The number of aromatic nitrogens is 1. The molecule has 0 unspecified atom stereocenters. The maximum atomic E-state index is 13.2. The Morgan fingerprint density at radius 2 is 1.85 bits per heavy atom. The van der Waals surface area contributed by atoms with Gasteiger partial charge < -0.3 is 14.4 Å². The van der Waals surface area contributed by atoms with Crippen LogP contribution in [-0.4, -0.2) is 34.4 Å². The van der Waals surface area contributed by atoms with Crippen LogP contribution < -0.4 is 4.90 Å². The van der Waals surface area contributed by atoms with E-state index in [0.29, 0.717) is 5.69 Å². The zero-order valence-corrected chi connectivity index (χ0v) is 15.4. The van der Waals surface area contributed by atoms with Gasteiger partial charge in [0.25, 0.3) is 5.91 Å². The quantitative estimate of drug-likeness (QED) is 0.833. The minimum atomic E-state index is 0.0360. The van der Waals surface area contributed by atoms with Crippen LogP contribution in [0, 0.1) is 0 Å². The van der Waals surface area contributed by atoms with E-state index in [1.165, 1.54) is 5.56 Å². The van der Waals surface area contributed by atoms with Crippen LogP contribution >= 0.6 is 0 Å². The molecule has 3 heterocycles. The number of rotatable bonds is 2.